The average molecular weight is 295 g/mol. The molecular formula is C15H25N3O3. The summed E-state index contributed by atoms with van der Waals surface area (Å²) in [7, 11) is 1.79. The molecule has 0 bridgehead atoms. The molecule has 118 valence electrons. The standard InChI is InChI=1S/C15H25N3O3/c1-4-20-10-8-18(9-11-21-5-2)15(19)13-6-7-14(16-3)17-12-13/h6-7,12H,4-5,8-11H2,1-3H3,(H,16,17). The van der Waals surface area contributed by atoms with Gasteiger partial charge in [-0.05, 0) is 26.0 Å². The van der Waals surface area contributed by atoms with E-state index in [1.165, 1.54) is 0 Å². The maximum absolute atomic E-state index is 12.5. The van der Waals surface area contributed by atoms with Crippen LogP contribution in [0.25, 0.3) is 0 Å². The van der Waals surface area contributed by atoms with Crippen molar-refractivity contribution in [3.8, 4) is 0 Å². The van der Waals surface area contributed by atoms with Crippen LogP contribution in [0.3, 0.4) is 0 Å². The predicted molar refractivity (Wildman–Crippen MR) is 82.7 cm³/mol. The van der Waals surface area contributed by atoms with Crippen LogP contribution < -0.4 is 5.32 Å². The van der Waals surface area contributed by atoms with Crippen LogP contribution in [0, 0.1) is 0 Å². The number of pyridine rings is 1. The van der Waals surface area contributed by atoms with Crippen molar-refractivity contribution in [1.29, 1.82) is 0 Å². The largest absolute Gasteiger partial charge is 0.380 e. The SMILES string of the molecule is CCOCCN(CCOCC)C(=O)c1ccc(NC)nc1. The zero-order valence-corrected chi connectivity index (χ0v) is 13.1. The van der Waals surface area contributed by atoms with Gasteiger partial charge < -0.3 is 19.7 Å². The van der Waals surface area contributed by atoms with E-state index in [1.54, 1.807) is 30.3 Å². The van der Waals surface area contributed by atoms with Crippen molar-refractivity contribution in [1.82, 2.24) is 9.88 Å². The number of nitrogens with one attached hydrogen (secondary N) is 1. The minimum Gasteiger partial charge on any atom is -0.380 e. The van der Waals surface area contributed by atoms with Gasteiger partial charge in [0.05, 0.1) is 18.8 Å². The van der Waals surface area contributed by atoms with E-state index in [2.05, 4.69) is 10.3 Å². The van der Waals surface area contributed by atoms with Crippen LogP contribution in [-0.2, 0) is 9.47 Å². The molecule has 1 amide bonds. The normalized spacial score (nSPS) is 10.4. The van der Waals surface area contributed by atoms with Gasteiger partial charge in [0, 0.05) is 39.5 Å². The number of anilines is 1. The number of aromatic nitrogens is 1. The molecule has 0 atom stereocenters. The average Bonchev–Trinajstić information content (AvgIpc) is 2.53. The minimum absolute atomic E-state index is 0.0513. The smallest absolute Gasteiger partial charge is 0.255 e. The summed E-state index contributed by atoms with van der Waals surface area (Å²) in [6.07, 6.45) is 1.59. The molecule has 0 saturated carbocycles. The summed E-state index contributed by atoms with van der Waals surface area (Å²) in [6.45, 7) is 7.31. The highest BCUT2D eigenvalue weighted by Crippen LogP contribution is 2.07. The van der Waals surface area contributed by atoms with Gasteiger partial charge >= 0.3 is 0 Å². The van der Waals surface area contributed by atoms with E-state index in [0.717, 1.165) is 5.82 Å². The number of nitrogens with zero attached hydrogens (tertiary/aromatic N) is 2. The second kappa shape index (κ2) is 10.1. The van der Waals surface area contributed by atoms with Crippen LogP contribution in [0.5, 0.6) is 0 Å². The molecule has 1 N–H and O–H groups in total. The topological polar surface area (TPSA) is 63.7 Å². The first-order valence-corrected chi connectivity index (χ1v) is 7.31. The van der Waals surface area contributed by atoms with E-state index in [9.17, 15) is 4.79 Å². The summed E-state index contributed by atoms with van der Waals surface area (Å²) < 4.78 is 10.7. The van der Waals surface area contributed by atoms with E-state index in [0.29, 0.717) is 45.1 Å². The molecule has 1 rings (SSSR count). The molecule has 6 heteroatoms. The van der Waals surface area contributed by atoms with Gasteiger partial charge in [0.25, 0.3) is 5.91 Å². The van der Waals surface area contributed by atoms with Gasteiger partial charge in [0.2, 0.25) is 0 Å². The van der Waals surface area contributed by atoms with Crippen molar-refractivity contribution < 1.29 is 14.3 Å². The number of carbonyl (C=O) groups excluding carboxylic acids is 1. The number of carbonyl (C=O) groups is 1. The molecule has 0 aliphatic heterocycles. The van der Waals surface area contributed by atoms with Crippen molar-refractivity contribution in [2.75, 3.05) is 51.9 Å². The molecule has 0 aliphatic rings. The Morgan fingerprint density at radius 2 is 1.81 bits per heavy atom. The number of rotatable bonds is 10. The molecule has 0 aromatic carbocycles. The highest BCUT2D eigenvalue weighted by atomic mass is 16.5. The quantitative estimate of drug-likeness (QED) is 0.665. The second-order valence-electron chi connectivity index (χ2n) is 4.37. The maximum atomic E-state index is 12.5. The Balaban J connectivity index is 2.66. The lowest BCUT2D eigenvalue weighted by Crippen LogP contribution is -2.36. The van der Waals surface area contributed by atoms with Crippen molar-refractivity contribution in [2.45, 2.75) is 13.8 Å². The van der Waals surface area contributed by atoms with E-state index in [4.69, 9.17) is 9.47 Å². The van der Waals surface area contributed by atoms with Gasteiger partial charge in [0.15, 0.2) is 0 Å². The molecule has 0 aliphatic carbocycles. The van der Waals surface area contributed by atoms with Crippen LogP contribution in [0.4, 0.5) is 5.82 Å². The maximum Gasteiger partial charge on any atom is 0.255 e. The van der Waals surface area contributed by atoms with Gasteiger partial charge in [-0.2, -0.15) is 0 Å². The summed E-state index contributed by atoms with van der Waals surface area (Å²) in [4.78, 5) is 18.4. The number of hydrogen-bond donors (Lipinski definition) is 1. The minimum atomic E-state index is -0.0513. The van der Waals surface area contributed by atoms with Crippen molar-refractivity contribution in [3.05, 3.63) is 23.9 Å². The van der Waals surface area contributed by atoms with Gasteiger partial charge in [-0.25, -0.2) is 4.98 Å². The number of ether oxygens (including phenoxy) is 2. The fourth-order valence-corrected chi connectivity index (χ4v) is 1.80. The summed E-state index contributed by atoms with van der Waals surface area (Å²) >= 11 is 0. The monoisotopic (exact) mass is 295 g/mol. The fraction of sp³-hybridized carbons (Fsp3) is 0.600. The highest BCUT2D eigenvalue weighted by molar-refractivity contribution is 5.94. The first-order valence-electron chi connectivity index (χ1n) is 7.31. The van der Waals surface area contributed by atoms with Crippen molar-refractivity contribution in [2.24, 2.45) is 0 Å². The van der Waals surface area contributed by atoms with E-state index in [-0.39, 0.29) is 5.91 Å². The lowest BCUT2D eigenvalue weighted by molar-refractivity contribution is 0.0550. The zero-order chi connectivity index (χ0) is 15.5. The third-order valence-corrected chi connectivity index (χ3v) is 2.97. The van der Waals surface area contributed by atoms with Crippen LogP contribution in [0.1, 0.15) is 24.2 Å². The first kappa shape index (κ1) is 17.4. The number of hydrogen-bond acceptors (Lipinski definition) is 5. The molecule has 0 unspecified atom stereocenters. The summed E-state index contributed by atoms with van der Waals surface area (Å²) in [5.41, 5.74) is 0.571. The lowest BCUT2D eigenvalue weighted by atomic mass is 10.2. The Labute approximate surface area is 126 Å². The van der Waals surface area contributed by atoms with Crippen LogP contribution in [0.2, 0.25) is 0 Å². The Morgan fingerprint density at radius 3 is 2.24 bits per heavy atom. The molecule has 0 fully saturated rings. The molecule has 0 radical (unpaired) electrons. The van der Waals surface area contributed by atoms with Gasteiger partial charge in [-0.3, -0.25) is 4.79 Å². The molecule has 1 aromatic heterocycles. The van der Waals surface area contributed by atoms with Gasteiger partial charge in [-0.15, -0.1) is 0 Å². The molecule has 0 saturated heterocycles. The Kier molecular flexibility index (Phi) is 8.38. The van der Waals surface area contributed by atoms with Crippen LogP contribution in [-0.4, -0.2) is 62.4 Å². The summed E-state index contributed by atoms with van der Waals surface area (Å²) in [5, 5.41) is 2.93. The molecule has 21 heavy (non-hydrogen) atoms. The van der Waals surface area contributed by atoms with E-state index in [1.807, 2.05) is 13.8 Å². The lowest BCUT2D eigenvalue weighted by Gasteiger charge is -2.22. The van der Waals surface area contributed by atoms with Crippen molar-refractivity contribution in [3.63, 3.8) is 0 Å². The molecule has 0 spiro atoms. The van der Waals surface area contributed by atoms with E-state index >= 15 is 0 Å². The molecule has 1 heterocycles. The van der Waals surface area contributed by atoms with E-state index < -0.39 is 0 Å². The third kappa shape index (κ3) is 6.10. The Morgan fingerprint density at radius 1 is 1.19 bits per heavy atom. The zero-order valence-electron chi connectivity index (χ0n) is 13.1. The fourth-order valence-electron chi connectivity index (χ4n) is 1.80. The summed E-state index contributed by atoms with van der Waals surface area (Å²) in [6, 6.07) is 3.56. The Bertz CT molecular complexity index is 399. The van der Waals surface area contributed by atoms with Crippen LogP contribution >= 0.6 is 0 Å². The van der Waals surface area contributed by atoms with Gasteiger partial charge in [0.1, 0.15) is 5.82 Å². The molecular weight excluding hydrogens is 270 g/mol. The molecule has 6 nitrogen and oxygen atoms in total. The second-order valence-corrected chi connectivity index (χ2v) is 4.37. The highest BCUT2D eigenvalue weighted by Gasteiger charge is 2.15. The summed E-state index contributed by atoms with van der Waals surface area (Å²) in [5.74, 6) is 0.686. The number of amides is 1. The molecule has 1 aromatic rings. The van der Waals surface area contributed by atoms with Crippen LogP contribution in [0.15, 0.2) is 18.3 Å². The first-order chi connectivity index (χ1) is 10.2. The predicted octanol–water partition coefficient (Wildman–Crippen LogP) is 1.64. The van der Waals surface area contributed by atoms with Gasteiger partial charge in [-0.1, -0.05) is 0 Å². The third-order valence-electron chi connectivity index (χ3n) is 2.97. The van der Waals surface area contributed by atoms with Crippen molar-refractivity contribution >= 4 is 11.7 Å². The Hall–Kier alpha value is -1.66.